The standard InChI is InChI=1S/C24H26N8O/c1-16-9-10-25-21(13-16)30-23-15-22(28-17(2)29-23)26-11-12-27-24(33)20-14-19(31-32(20)3)18-7-5-4-6-8-18/h4-10,13-15H,11-12H2,1-3H3,(H,27,33)(H2,25,26,28,29,30). The fraction of sp³-hybridized carbons (Fsp3) is 0.208. The van der Waals surface area contributed by atoms with E-state index in [1.54, 1.807) is 24.0 Å². The maximum absolute atomic E-state index is 12.6. The topological polar surface area (TPSA) is 110 Å². The number of anilines is 3. The number of nitrogens with zero attached hydrogens (tertiary/aromatic N) is 5. The van der Waals surface area contributed by atoms with Gasteiger partial charge in [0.1, 0.15) is 29.0 Å². The summed E-state index contributed by atoms with van der Waals surface area (Å²) in [4.78, 5) is 25.7. The normalized spacial score (nSPS) is 10.6. The lowest BCUT2D eigenvalue weighted by Crippen LogP contribution is -2.30. The highest BCUT2D eigenvalue weighted by Gasteiger charge is 2.13. The van der Waals surface area contributed by atoms with E-state index in [9.17, 15) is 4.79 Å². The lowest BCUT2D eigenvalue weighted by atomic mass is 10.1. The molecule has 1 amide bonds. The van der Waals surface area contributed by atoms with E-state index < -0.39 is 0 Å². The smallest absolute Gasteiger partial charge is 0.269 e. The third-order valence-corrected chi connectivity index (χ3v) is 4.91. The molecule has 4 aromatic rings. The average molecular weight is 443 g/mol. The first-order valence-electron chi connectivity index (χ1n) is 10.6. The number of carbonyl (C=O) groups excluding carboxylic acids is 1. The van der Waals surface area contributed by atoms with E-state index in [1.165, 1.54) is 0 Å². The third-order valence-electron chi connectivity index (χ3n) is 4.91. The van der Waals surface area contributed by atoms with Crippen molar-refractivity contribution in [3.05, 3.63) is 77.9 Å². The molecule has 0 aliphatic rings. The van der Waals surface area contributed by atoms with E-state index in [2.05, 4.69) is 36.0 Å². The number of amides is 1. The number of hydrogen-bond donors (Lipinski definition) is 3. The summed E-state index contributed by atoms with van der Waals surface area (Å²) >= 11 is 0. The van der Waals surface area contributed by atoms with Gasteiger partial charge in [0.05, 0.1) is 5.69 Å². The van der Waals surface area contributed by atoms with Crippen molar-refractivity contribution in [2.75, 3.05) is 23.7 Å². The van der Waals surface area contributed by atoms with Gasteiger partial charge in [0, 0.05) is 38.0 Å². The van der Waals surface area contributed by atoms with Crippen LogP contribution in [0.2, 0.25) is 0 Å². The average Bonchev–Trinajstić information content (AvgIpc) is 3.19. The molecule has 0 aliphatic heterocycles. The van der Waals surface area contributed by atoms with Gasteiger partial charge in [-0.1, -0.05) is 30.3 Å². The van der Waals surface area contributed by atoms with E-state index >= 15 is 0 Å². The highest BCUT2D eigenvalue weighted by molar-refractivity contribution is 5.93. The first-order chi connectivity index (χ1) is 16.0. The van der Waals surface area contributed by atoms with Gasteiger partial charge in [0.2, 0.25) is 0 Å². The molecule has 168 valence electrons. The molecule has 4 rings (SSSR count). The van der Waals surface area contributed by atoms with Gasteiger partial charge in [-0.25, -0.2) is 15.0 Å². The van der Waals surface area contributed by atoms with Crippen LogP contribution in [0.25, 0.3) is 11.3 Å². The first-order valence-corrected chi connectivity index (χ1v) is 10.6. The molecule has 33 heavy (non-hydrogen) atoms. The molecule has 0 fully saturated rings. The summed E-state index contributed by atoms with van der Waals surface area (Å²) < 4.78 is 1.59. The van der Waals surface area contributed by atoms with Gasteiger partial charge in [0.15, 0.2) is 0 Å². The van der Waals surface area contributed by atoms with Crippen molar-refractivity contribution in [1.82, 2.24) is 30.0 Å². The Labute approximate surface area is 192 Å². The molecule has 9 nitrogen and oxygen atoms in total. The Balaban J connectivity index is 1.32. The van der Waals surface area contributed by atoms with E-state index in [-0.39, 0.29) is 5.91 Å². The van der Waals surface area contributed by atoms with Crippen molar-refractivity contribution in [1.29, 1.82) is 0 Å². The molecule has 0 aliphatic carbocycles. The molecular formula is C24H26N8O. The van der Waals surface area contributed by atoms with Crippen LogP contribution in [0.1, 0.15) is 21.9 Å². The van der Waals surface area contributed by atoms with Crippen molar-refractivity contribution >= 4 is 23.4 Å². The number of pyridine rings is 1. The number of rotatable bonds is 8. The Morgan fingerprint density at radius 2 is 1.73 bits per heavy atom. The molecule has 0 radical (unpaired) electrons. The van der Waals surface area contributed by atoms with Gasteiger partial charge in [-0.15, -0.1) is 0 Å². The van der Waals surface area contributed by atoms with Gasteiger partial charge in [-0.3, -0.25) is 9.48 Å². The van der Waals surface area contributed by atoms with Crippen molar-refractivity contribution in [3.63, 3.8) is 0 Å². The molecule has 0 atom stereocenters. The number of nitrogens with one attached hydrogen (secondary N) is 3. The fourth-order valence-corrected chi connectivity index (χ4v) is 3.34. The van der Waals surface area contributed by atoms with Crippen LogP contribution in [-0.4, -0.2) is 43.7 Å². The minimum Gasteiger partial charge on any atom is -0.368 e. The third kappa shape index (κ3) is 5.70. The molecule has 3 aromatic heterocycles. The van der Waals surface area contributed by atoms with Crippen LogP contribution in [0, 0.1) is 13.8 Å². The molecule has 9 heteroatoms. The number of benzene rings is 1. The Morgan fingerprint density at radius 3 is 2.52 bits per heavy atom. The second-order valence-electron chi connectivity index (χ2n) is 7.62. The fourth-order valence-electron chi connectivity index (χ4n) is 3.34. The maximum atomic E-state index is 12.6. The molecule has 3 N–H and O–H groups in total. The Hall–Kier alpha value is -4.27. The monoisotopic (exact) mass is 442 g/mol. The zero-order valence-electron chi connectivity index (χ0n) is 18.8. The minimum absolute atomic E-state index is 0.180. The summed E-state index contributed by atoms with van der Waals surface area (Å²) in [5, 5.41) is 13.8. The van der Waals surface area contributed by atoms with E-state index in [1.807, 2.05) is 62.4 Å². The first kappa shape index (κ1) is 21.9. The Kier molecular flexibility index (Phi) is 6.58. The SMILES string of the molecule is Cc1ccnc(Nc2cc(NCCNC(=O)c3cc(-c4ccccc4)nn3C)nc(C)n2)c1. The van der Waals surface area contributed by atoms with E-state index in [4.69, 9.17) is 0 Å². The van der Waals surface area contributed by atoms with Crippen molar-refractivity contribution in [2.45, 2.75) is 13.8 Å². The second-order valence-corrected chi connectivity index (χ2v) is 7.62. The van der Waals surface area contributed by atoms with Crippen LogP contribution in [-0.2, 0) is 7.05 Å². The summed E-state index contributed by atoms with van der Waals surface area (Å²) in [5.74, 6) is 2.48. The highest BCUT2D eigenvalue weighted by Crippen LogP contribution is 2.18. The van der Waals surface area contributed by atoms with Crippen LogP contribution >= 0.6 is 0 Å². The summed E-state index contributed by atoms with van der Waals surface area (Å²) in [7, 11) is 1.76. The summed E-state index contributed by atoms with van der Waals surface area (Å²) in [6.07, 6.45) is 1.75. The quantitative estimate of drug-likeness (QED) is 0.358. The molecule has 0 bridgehead atoms. The molecule has 0 unspecified atom stereocenters. The lowest BCUT2D eigenvalue weighted by Gasteiger charge is -2.11. The van der Waals surface area contributed by atoms with Crippen LogP contribution in [0.4, 0.5) is 17.5 Å². The number of aryl methyl sites for hydroxylation is 3. The predicted octanol–water partition coefficient (Wildman–Crippen LogP) is 3.47. The molecule has 0 spiro atoms. The van der Waals surface area contributed by atoms with E-state index in [0.717, 1.165) is 22.6 Å². The van der Waals surface area contributed by atoms with Gasteiger partial charge in [-0.2, -0.15) is 5.10 Å². The van der Waals surface area contributed by atoms with Crippen molar-refractivity contribution in [2.24, 2.45) is 7.05 Å². The Morgan fingerprint density at radius 1 is 0.939 bits per heavy atom. The lowest BCUT2D eigenvalue weighted by molar-refractivity contribution is 0.0946. The summed E-state index contributed by atoms with van der Waals surface area (Å²) in [5.41, 5.74) is 3.35. The van der Waals surface area contributed by atoms with Gasteiger partial charge >= 0.3 is 0 Å². The van der Waals surface area contributed by atoms with Gasteiger partial charge in [-0.05, 0) is 37.6 Å². The molecule has 0 saturated carbocycles. The van der Waals surface area contributed by atoms with Crippen LogP contribution < -0.4 is 16.0 Å². The highest BCUT2D eigenvalue weighted by atomic mass is 16.2. The predicted molar refractivity (Wildman–Crippen MR) is 128 cm³/mol. The van der Waals surface area contributed by atoms with Gasteiger partial charge < -0.3 is 16.0 Å². The summed E-state index contributed by atoms with van der Waals surface area (Å²) in [6.45, 7) is 4.77. The molecular weight excluding hydrogens is 416 g/mol. The number of aromatic nitrogens is 5. The Bertz CT molecular complexity index is 1250. The molecule has 1 aromatic carbocycles. The maximum Gasteiger partial charge on any atom is 0.269 e. The minimum atomic E-state index is -0.180. The second kappa shape index (κ2) is 9.90. The summed E-state index contributed by atoms with van der Waals surface area (Å²) in [6, 6.07) is 17.3. The van der Waals surface area contributed by atoms with Crippen molar-refractivity contribution < 1.29 is 4.79 Å². The van der Waals surface area contributed by atoms with Gasteiger partial charge in [0.25, 0.3) is 5.91 Å². The molecule has 0 saturated heterocycles. The largest absolute Gasteiger partial charge is 0.368 e. The van der Waals surface area contributed by atoms with Crippen LogP contribution in [0.5, 0.6) is 0 Å². The van der Waals surface area contributed by atoms with Crippen LogP contribution in [0.15, 0.2) is 60.8 Å². The zero-order valence-corrected chi connectivity index (χ0v) is 18.8. The van der Waals surface area contributed by atoms with E-state index in [0.29, 0.717) is 36.2 Å². The number of hydrogen-bond acceptors (Lipinski definition) is 7. The number of carbonyl (C=O) groups is 1. The molecule has 3 heterocycles. The zero-order chi connectivity index (χ0) is 23.2. The van der Waals surface area contributed by atoms with Crippen molar-refractivity contribution in [3.8, 4) is 11.3 Å². The van der Waals surface area contributed by atoms with Crippen LogP contribution in [0.3, 0.4) is 0 Å².